The normalized spacial score (nSPS) is 20.2. The number of fused-ring (bicyclic) bond motifs is 1. The molecule has 1 aliphatic heterocycles. The van der Waals surface area contributed by atoms with Crippen LogP contribution in [-0.4, -0.2) is 24.9 Å². The van der Waals surface area contributed by atoms with Gasteiger partial charge in [-0.15, -0.1) is 0 Å². The van der Waals surface area contributed by atoms with E-state index in [0.717, 1.165) is 4.47 Å². The fourth-order valence-corrected chi connectivity index (χ4v) is 2.07. The van der Waals surface area contributed by atoms with Crippen LogP contribution in [0.4, 0.5) is 5.69 Å². The Kier molecular flexibility index (Phi) is 2.71. The van der Waals surface area contributed by atoms with Crippen LogP contribution in [0, 0.1) is 0 Å². The lowest BCUT2D eigenvalue weighted by Crippen LogP contribution is -2.42. The number of anilines is 1. The molecule has 0 saturated heterocycles. The van der Waals surface area contributed by atoms with Gasteiger partial charge in [-0.05, 0) is 25.1 Å². The third-order valence-corrected chi connectivity index (χ3v) is 3.11. The molecule has 0 aliphatic carbocycles. The molecule has 2 amide bonds. The van der Waals surface area contributed by atoms with E-state index in [-0.39, 0.29) is 11.8 Å². The smallest absolute Gasteiger partial charge is 0.254 e. The van der Waals surface area contributed by atoms with Gasteiger partial charge in [-0.3, -0.25) is 9.59 Å². The Balaban J connectivity index is 2.60. The van der Waals surface area contributed by atoms with Gasteiger partial charge < -0.3 is 10.2 Å². The van der Waals surface area contributed by atoms with Crippen molar-refractivity contribution in [2.45, 2.75) is 13.0 Å². The van der Waals surface area contributed by atoms with E-state index in [1.165, 1.54) is 4.90 Å². The molecule has 0 bridgehead atoms. The summed E-state index contributed by atoms with van der Waals surface area (Å²) in [6.45, 7) is 1.68. The summed E-state index contributed by atoms with van der Waals surface area (Å²) in [5, 5.41) is 2.65. The molecule has 0 radical (unpaired) electrons. The molecule has 84 valence electrons. The van der Waals surface area contributed by atoms with Gasteiger partial charge in [0.25, 0.3) is 5.91 Å². The van der Waals surface area contributed by atoms with Gasteiger partial charge in [-0.1, -0.05) is 15.9 Å². The summed E-state index contributed by atoms with van der Waals surface area (Å²) in [6, 6.07) is 4.76. The van der Waals surface area contributed by atoms with Crippen LogP contribution in [-0.2, 0) is 4.79 Å². The van der Waals surface area contributed by atoms with Crippen LogP contribution in [0.25, 0.3) is 0 Å². The van der Waals surface area contributed by atoms with Crippen molar-refractivity contribution in [2.75, 3.05) is 11.9 Å². The summed E-state index contributed by atoms with van der Waals surface area (Å²) in [5.41, 5.74) is 1.14. The van der Waals surface area contributed by atoms with Crippen molar-refractivity contribution in [3.8, 4) is 0 Å². The Hall–Kier alpha value is -1.36. The summed E-state index contributed by atoms with van der Waals surface area (Å²) < 4.78 is 0.841. The summed E-state index contributed by atoms with van der Waals surface area (Å²) in [5.74, 6) is -0.335. The van der Waals surface area contributed by atoms with Gasteiger partial charge >= 0.3 is 0 Å². The van der Waals surface area contributed by atoms with Gasteiger partial charge in [0, 0.05) is 11.5 Å². The third kappa shape index (κ3) is 1.71. The van der Waals surface area contributed by atoms with Crippen LogP contribution in [0.15, 0.2) is 22.7 Å². The highest BCUT2D eigenvalue weighted by molar-refractivity contribution is 9.10. The van der Waals surface area contributed by atoms with Crippen LogP contribution < -0.4 is 10.2 Å². The Morgan fingerprint density at radius 1 is 1.38 bits per heavy atom. The first-order valence-electron chi connectivity index (χ1n) is 4.88. The maximum Gasteiger partial charge on any atom is 0.254 e. The first kappa shape index (κ1) is 11.1. The first-order chi connectivity index (χ1) is 7.50. The number of hydrogen-bond acceptors (Lipinski definition) is 2. The molecule has 1 atom stereocenters. The minimum Gasteiger partial charge on any atom is -0.340 e. The largest absolute Gasteiger partial charge is 0.340 e. The number of nitrogens with zero attached hydrogens (tertiary/aromatic N) is 1. The molecule has 1 aromatic carbocycles. The summed E-state index contributed by atoms with van der Waals surface area (Å²) in [4.78, 5) is 25.2. The molecule has 1 aromatic rings. The van der Waals surface area contributed by atoms with E-state index in [0.29, 0.717) is 11.3 Å². The van der Waals surface area contributed by atoms with E-state index in [1.54, 1.807) is 32.2 Å². The van der Waals surface area contributed by atoms with Crippen LogP contribution in [0.1, 0.15) is 17.3 Å². The Bertz CT molecular complexity index is 473. The quantitative estimate of drug-likeness (QED) is 0.785. The number of carbonyl (C=O) groups excluding carboxylic acids is 2. The molecule has 0 spiro atoms. The number of nitrogens with one attached hydrogen (secondary N) is 1. The maximum absolute atomic E-state index is 11.9. The number of rotatable bonds is 0. The third-order valence-electron chi connectivity index (χ3n) is 2.61. The van der Waals surface area contributed by atoms with Crippen LogP contribution >= 0.6 is 15.9 Å². The highest BCUT2D eigenvalue weighted by atomic mass is 79.9. The SMILES string of the molecule is C[C@H]1NC(=O)c2ccc(Br)cc2N(C)C1=O. The molecule has 1 N–H and O–H groups in total. The second-order valence-electron chi connectivity index (χ2n) is 3.75. The molecule has 4 nitrogen and oxygen atoms in total. The monoisotopic (exact) mass is 282 g/mol. The van der Waals surface area contributed by atoms with E-state index < -0.39 is 6.04 Å². The van der Waals surface area contributed by atoms with Crippen LogP contribution in [0.5, 0.6) is 0 Å². The van der Waals surface area contributed by atoms with E-state index in [1.807, 2.05) is 0 Å². The molecule has 0 fully saturated rings. The number of benzene rings is 1. The highest BCUT2D eigenvalue weighted by Crippen LogP contribution is 2.26. The predicted molar refractivity (Wildman–Crippen MR) is 64.5 cm³/mol. The lowest BCUT2D eigenvalue weighted by atomic mass is 10.1. The van der Waals surface area contributed by atoms with E-state index >= 15 is 0 Å². The lowest BCUT2D eigenvalue weighted by molar-refractivity contribution is -0.119. The molecule has 5 heteroatoms. The van der Waals surface area contributed by atoms with Gasteiger partial charge in [0.05, 0.1) is 11.3 Å². The van der Waals surface area contributed by atoms with E-state index in [2.05, 4.69) is 21.2 Å². The van der Waals surface area contributed by atoms with Gasteiger partial charge in [0.2, 0.25) is 5.91 Å². The van der Waals surface area contributed by atoms with Crippen molar-refractivity contribution in [1.29, 1.82) is 0 Å². The Labute approximate surface area is 102 Å². The topological polar surface area (TPSA) is 49.4 Å². The number of halogens is 1. The fourth-order valence-electron chi connectivity index (χ4n) is 1.72. The molecule has 16 heavy (non-hydrogen) atoms. The van der Waals surface area contributed by atoms with Crippen LogP contribution in [0.3, 0.4) is 0 Å². The molecule has 0 aromatic heterocycles. The number of carbonyl (C=O) groups is 2. The van der Waals surface area contributed by atoms with E-state index in [4.69, 9.17) is 0 Å². The zero-order chi connectivity index (χ0) is 11.9. The average Bonchev–Trinajstić information content (AvgIpc) is 2.32. The Morgan fingerprint density at radius 2 is 2.06 bits per heavy atom. The molecule has 0 unspecified atom stereocenters. The van der Waals surface area contributed by atoms with Gasteiger partial charge in [0.15, 0.2) is 0 Å². The summed E-state index contributed by atoms with van der Waals surface area (Å²) in [6.07, 6.45) is 0. The van der Waals surface area contributed by atoms with Crippen molar-refractivity contribution in [2.24, 2.45) is 0 Å². The van der Waals surface area contributed by atoms with Crippen molar-refractivity contribution in [1.82, 2.24) is 5.32 Å². The van der Waals surface area contributed by atoms with Crippen molar-refractivity contribution in [3.05, 3.63) is 28.2 Å². The highest BCUT2D eigenvalue weighted by Gasteiger charge is 2.28. The van der Waals surface area contributed by atoms with Crippen molar-refractivity contribution >= 4 is 33.4 Å². The molecule has 2 rings (SSSR count). The van der Waals surface area contributed by atoms with Crippen LogP contribution in [0.2, 0.25) is 0 Å². The predicted octanol–water partition coefficient (Wildman–Crippen LogP) is 1.54. The van der Waals surface area contributed by atoms with Gasteiger partial charge in [-0.25, -0.2) is 0 Å². The minimum absolute atomic E-state index is 0.120. The zero-order valence-corrected chi connectivity index (χ0v) is 10.5. The number of amides is 2. The van der Waals surface area contributed by atoms with Crippen molar-refractivity contribution < 1.29 is 9.59 Å². The summed E-state index contributed by atoms with van der Waals surface area (Å²) in [7, 11) is 1.67. The minimum atomic E-state index is -0.497. The number of hydrogen-bond donors (Lipinski definition) is 1. The van der Waals surface area contributed by atoms with Gasteiger partial charge in [-0.2, -0.15) is 0 Å². The standard InChI is InChI=1S/C11H11BrN2O2/c1-6-11(16)14(2)9-5-7(12)3-4-8(9)10(15)13-6/h3-6H,1-2H3,(H,13,15)/t6-/m1/s1. The maximum atomic E-state index is 11.9. The van der Waals surface area contributed by atoms with Crippen molar-refractivity contribution in [3.63, 3.8) is 0 Å². The molecule has 1 heterocycles. The first-order valence-corrected chi connectivity index (χ1v) is 5.68. The lowest BCUT2D eigenvalue weighted by Gasteiger charge is -2.18. The summed E-state index contributed by atoms with van der Waals surface area (Å²) >= 11 is 3.33. The second-order valence-corrected chi connectivity index (χ2v) is 4.67. The fraction of sp³-hybridized carbons (Fsp3) is 0.273. The average molecular weight is 283 g/mol. The molecule has 1 aliphatic rings. The van der Waals surface area contributed by atoms with E-state index in [9.17, 15) is 9.59 Å². The second kappa shape index (κ2) is 3.90. The molecule has 0 saturated carbocycles. The zero-order valence-electron chi connectivity index (χ0n) is 8.95. The Morgan fingerprint density at radius 3 is 2.75 bits per heavy atom. The molecular weight excluding hydrogens is 272 g/mol. The van der Waals surface area contributed by atoms with Gasteiger partial charge in [0.1, 0.15) is 6.04 Å². The number of likely N-dealkylation sites (N-methyl/N-ethyl adjacent to an activating group) is 1. The molecular formula is C11H11BrN2O2.